The van der Waals surface area contributed by atoms with Gasteiger partial charge in [-0.1, -0.05) is 11.2 Å². The van der Waals surface area contributed by atoms with Crippen molar-refractivity contribution in [3.05, 3.63) is 36.6 Å². The van der Waals surface area contributed by atoms with Gasteiger partial charge in [-0.05, 0) is 29.8 Å². The number of benzene rings is 2. The predicted molar refractivity (Wildman–Crippen MR) is 119 cm³/mol. The maximum atomic E-state index is 12.2. The third-order valence-corrected chi connectivity index (χ3v) is 4.86. The summed E-state index contributed by atoms with van der Waals surface area (Å²) in [5.41, 5.74) is 2.91. The van der Waals surface area contributed by atoms with Gasteiger partial charge in [-0.2, -0.15) is 0 Å². The summed E-state index contributed by atoms with van der Waals surface area (Å²) in [5.74, 6) is 0.301. The van der Waals surface area contributed by atoms with Crippen LogP contribution in [0.15, 0.2) is 41.1 Å². The number of nitrogens with zero attached hydrogens (tertiary/aromatic N) is 1. The Labute approximate surface area is 190 Å². The van der Waals surface area contributed by atoms with Crippen molar-refractivity contribution in [2.45, 2.75) is 12.8 Å². The first-order valence-corrected chi connectivity index (χ1v) is 9.86. The molecule has 2 aromatic carbocycles. The van der Waals surface area contributed by atoms with Crippen LogP contribution in [0, 0.1) is 0 Å². The number of carboxylic acid groups (broad SMARTS) is 1. The Bertz CT molecular complexity index is 1130. The van der Waals surface area contributed by atoms with E-state index < -0.39 is 11.9 Å². The Morgan fingerprint density at radius 2 is 1.58 bits per heavy atom. The van der Waals surface area contributed by atoms with Crippen molar-refractivity contribution in [3.8, 4) is 45.4 Å². The van der Waals surface area contributed by atoms with E-state index in [0.29, 0.717) is 51.1 Å². The largest absolute Gasteiger partial charge is 0.495 e. The fourth-order valence-corrected chi connectivity index (χ4v) is 3.27. The van der Waals surface area contributed by atoms with Crippen molar-refractivity contribution in [2.75, 3.05) is 33.8 Å². The molecule has 33 heavy (non-hydrogen) atoms. The third-order valence-electron chi connectivity index (χ3n) is 4.86. The van der Waals surface area contributed by atoms with Crippen LogP contribution in [-0.2, 0) is 9.59 Å². The van der Waals surface area contributed by atoms with Crippen LogP contribution in [0.5, 0.6) is 23.0 Å². The first kappa shape index (κ1) is 23.5. The Morgan fingerprint density at radius 1 is 0.909 bits per heavy atom. The third kappa shape index (κ3) is 5.17. The van der Waals surface area contributed by atoms with Crippen LogP contribution in [0.3, 0.4) is 0 Å². The number of carbonyl (C=O) groups excluding carboxylic acids is 1. The highest BCUT2D eigenvalue weighted by Crippen LogP contribution is 2.43. The number of anilines is 1. The van der Waals surface area contributed by atoms with Crippen LogP contribution >= 0.6 is 0 Å². The van der Waals surface area contributed by atoms with Gasteiger partial charge in [0.05, 0.1) is 40.5 Å². The van der Waals surface area contributed by atoms with E-state index in [1.807, 2.05) is 0 Å². The van der Waals surface area contributed by atoms with E-state index in [2.05, 4.69) is 10.5 Å². The Kier molecular flexibility index (Phi) is 7.39. The molecule has 0 atom stereocenters. The molecule has 0 fully saturated rings. The van der Waals surface area contributed by atoms with Crippen LogP contribution in [0.1, 0.15) is 12.8 Å². The Morgan fingerprint density at radius 3 is 2.15 bits per heavy atom. The molecule has 1 aromatic heterocycles. The topological polar surface area (TPSA) is 129 Å². The maximum Gasteiger partial charge on any atom is 0.303 e. The van der Waals surface area contributed by atoms with Crippen molar-refractivity contribution in [1.82, 2.24) is 5.16 Å². The minimum Gasteiger partial charge on any atom is -0.495 e. The molecular formula is C23H24N2O8. The maximum absolute atomic E-state index is 12.2. The number of aliphatic carboxylic acids is 1. The number of carbonyl (C=O) groups is 2. The van der Waals surface area contributed by atoms with Crippen LogP contribution in [0.4, 0.5) is 5.69 Å². The summed E-state index contributed by atoms with van der Waals surface area (Å²) in [7, 11) is 6.04. The zero-order valence-corrected chi connectivity index (χ0v) is 18.6. The molecular weight excluding hydrogens is 432 g/mol. The van der Waals surface area contributed by atoms with Crippen LogP contribution < -0.4 is 24.3 Å². The molecule has 3 rings (SSSR count). The van der Waals surface area contributed by atoms with Gasteiger partial charge < -0.3 is 33.9 Å². The molecule has 10 heteroatoms. The zero-order valence-electron chi connectivity index (χ0n) is 18.6. The molecule has 3 aromatic rings. The van der Waals surface area contributed by atoms with Gasteiger partial charge in [0.15, 0.2) is 11.5 Å². The SMILES string of the molecule is COc1ccc(-c2conc2-c2cc(OC)c(OC)c(OC)c2)cc1NC(=O)CCC(=O)O. The minimum absolute atomic E-state index is 0.160. The molecule has 0 aliphatic heterocycles. The highest BCUT2D eigenvalue weighted by Gasteiger charge is 2.20. The summed E-state index contributed by atoms with van der Waals surface area (Å²) in [6.07, 6.45) is 1.05. The van der Waals surface area contributed by atoms with E-state index in [0.717, 1.165) is 0 Å². The number of hydrogen-bond donors (Lipinski definition) is 2. The Hall–Kier alpha value is -4.21. The molecule has 10 nitrogen and oxygen atoms in total. The first-order chi connectivity index (χ1) is 15.9. The summed E-state index contributed by atoms with van der Waals surface area (Å²) in [6.45, 7) is 0. The number of amides is 1. The molecule has 0 radical (unpaired) electrons. The van der Waals surface area contributed by atoms with Gasteiger partial charge in [-0.25, -0.2) is 0 Å². The fraction of sp³-hybridized carbons (Fsp3) is 0.261. The monoisotopic (exact) mass is 456 g/mol. The minimum atomic E-state index is -1.05. The number of carboxylic acids is 1. The molecule has 174 valence electrons. The van der Waals surface area contributed by atoms with E-state index in [9.17, 15) is 9.59 Å². The van der Waals surface area contributed by atoms with Crippen molar-refractivity contribution >= 4 is 17.6 Å². The second kappa shape index (κ2) is 10.4. The smallest absolute Gasteiger partial charge is 0.303 e. The van der Waals surface area contributed by atoms with Crippen molar-refractivity contribution in [1.29, 1.82) is 0 Å². The summed E-state index contributed by atoms with van der Waals surface area (Å²) in [4.78, 5) is 22.9. The molecule has 0 unspecified atom stereocenters. The second-order valence-electron chi connectivity index (χ2n) is 6.85. The molecule has 1 heterocycles. The lowest BCUT2D eigenvalue weighted by Crippen LogP contribution is -2.13. The van der Waals surface area contributed by atoms with Gasteiger partial charge in [-0.15, -0.1) is 0 Å². The van der Waals surface area contributed by atoms with Crippen LogP contribution in [-0.4, -0.2) is 50.6 Å². The summed E-state index contributed by atoms with van der Waals surface area (Å²) in [5, 5.41) is 15.6. The average Bonchev–Trinajstić information content (AvgIpc) is 3.31. The lowest BCUT2D eigenvalue weighted by molar-refractivity contribution is -0.138. The number of rotatable bonds is 10. The van der Waals surface area contributed by atoms with E-state index >= 15 is 0 Å². The van der Waals surface area contributed by atoms with Gasteiger partial charge in [0.2, 0.25) is 11.7 Å². The average molecular weight is 456 g/mol. The number of nitrogens with one attached hydrogen (secondary N) is 1. The van der Waals surface area contributed by atoms with Gasteiger partial charge in [-0.3, -0.25) is 9.59 Å². The lowest BCUT2D eigenvalue weighted by Gasteiger charge is -2.14. The molecule has 1 amide bonds. The predicted octanol–water partition coefficient (Wildman–Crippen LogP) is 3.85. The number of methoxy groups -OCH3 is 4. The van der Waals surface area contributed by atoms with Crippen LogP contribution in [0.25, 0.3) is 22.4 Å². The number of ether oxygens (including phenoxy) is 4. The summed E-state index contributed by atoms with van der Waals surface area (Å²) in [6, 6.07) is 8.68. The van der Waals surface area contributed by atoms with E-state index in [-0.39, 0.29) is 12.8 Å². The van der Waals surface area contributed by atoms with Crippen LogP contribution in [0.2, 0.25) is 0 Å². The van der Waals surface area contributed by atoms with Crippen molar-refractivity contribution in [3.63, 3.8) is 0 Å². The van der Waals surface area contributed by atoms with Gasteiger partial charge in [0.25, 0.3) is 0 Å². The fourth-order valence-electron chi connectivity index (χ4n) is 3.27. The van der Waals surface area contributed by atoms with E-state index in [4.69, 9.17) is 28.6 Å². The normalized spacial score (nSPS) is 10.4. The molecule has 0 saturated carbocycles. The molecule has 0 spiro atoms. The van der Waals surface area contributed by atoms with Gasteiger partial charge in [0, 0.05) is 17.5 Å². The molecule has 0 aliphatic rings. The van der Waals surface area contributed by atoms with Gasteiger partial charge in [0.1, 0.15) is 17.7 Å². The summed E-state index contributed by atoms with van der Waals surface area (Å²) >= 11 is 0. The quantitative estimate of drug-likeness (QED) is 0.467. The Balaban J connectivity index is 2.01. The van der Waals surface area contributed by atoms with E-state index in [1.54, 1.807) is 30.3 Å². The lowest BCUT2D eigenvalue weighted by atomic mass is 10.0. The molecule has 0 aliphatic carbocycles. The summed E-state index contributed by atoms with van der Waals surface area (Å²) < 4.78 is 26.8. The second-order valence-corrected chi connectivity index (χ2v) is 6.85. The molecule has 0 bridgehead atoms. The van der Waals surface area contributed by atoms with Crippen molar-refractivity contribution in [2.24, 2.45) is 0 Å². The van der Waals surface area contributed by atoms with Crippen molar-refractivity contribution < 1.29 is 38.2 Å². The zero-order chi connectivity index (χ0) is 24.0. The number of aromatic nitrogens is 1. The highest BCUT2D eigenvalue weighted by molar-refractivity contribution is 5.95. The number of hydrogen-bond acceptors (Lipinski definition) is 8. The molecule has 0 saturated heterocycles. The highest BCUT2D eigenvalue weighted by atomic mass is 16.5. The molecule has 2 N–H and O–H groups in total. The van der Waals surface area contributed by atoms with Gasteiger partial charge >= 0.3 is 5.97 Å². The standard InChI is InChI=1S/C23H24N2O8/c1-29-17-6-5-13(9-16(17)24-20(26)7-8-21(27)28)15-12-33-25-22(15)14-10-18(30-2)23(32-4)19(11-14)31-3/h5-6,9-12H,7-8H2,1-4H3,(H,24,26)(H,27,28). The first-order valence-electron chi connectivity index (χ1n) is 9.86. The van der Waals surface area contributed by atoms with E-state index in [1.165, 1.54) is 34.7 Å².